The number of amides is 1. The summed E-state index contributed by atoms with van der Waals surface area (Å²) < 4.78 is 0. The molecule has 2 aromatic carbocycles. The van der Waals surface area contributed by atoms with Crippen LogP contribution in [0.5, 0.6) is 0 Å². The molecule has 0 heterocycles. The van der Waals surface area contributed by atoms with E-state index in [0.717, 1.165) is 5.56 Å². The van der Waals surface area contributed by atoms with E-state index in [-0.39, 0.29) is 5.91 Å². The summed E-state index contributed by atoms with van der Waals surface area (Å²) in [5.41, 5.74) is 1.76. The smallest absolute Gasteiger partial charge is 0.423 e. The molecule has 1 amide bonds. The van der Waals surface area contributed by atoms with E-state index in [1.807, 2.05) is 12.1 Å². The minimum absolute atomic E-state index is 0.223. The predicted octanol–water partition coefficient (Wildman–Crippen LogP) is 0.950. The fourth-order valence-electron chi connectivity index (χ4n) is 1.69. The average molecular weight is 290 g/mol. The summed E-state index contributed by atoms with van der Waals surface area (Å²) in [6, 6.07) is 13.3. The van der Waals surface area contributed by atoms with Crippen LogP contribution in [0.2, 0.25) is 5.02 Å². The number of carbonyl (C=O) groups excluding carboxylic acids is 1. The molecule has 20 heavy (non-hydrogen) atoms. The molecule has 0 aromatic heterocycles. The van der Waals surface area contributed by atoms with Gasteiger partial charge in [-0.15, -0.1) is 0 Å². The van der Waals surface area contributed by atoms with Gasteiger partial charge in [0.05, 0.1) is 0 Å². The van der Waals surface area contributed by atoms with Gasteiger partial charge in [0.15, 0.2) is 0 Å². The summed E-state index contributed by atoms with van der Waals surface area (Å²) in [7, 11) is -1.53. The molecule has 0 bridgehead atoms. The first-order valence-corrected chi connectivity index (χ1v) is 6.43. The van der Waals surface area contributed by atoms with E-state index < -0.39 is 7.12 Å². The van der Waals surface area contributed by atoms with Crippen LogP contribution in [0.15, 0.2) is 48.5 Å². The summed E-state index contributed by atoms with van der Waals surface area (Å²) >= 11 is 5.78. The SMILES string of the molecule is O=C(NCc1ccc(Cl)cc1)c1ccc(B(O)O)cc1. The third-order valence-corrected chi connectivity index (χ3v) is 3.09. The van der Waals surface area contributed by atoms with Gasteiger partial charge in [0, 0.05) is 17.1 Å². The van der Waals surface area contributed by atoms with Crippen molar-refractivity contribution in [1.29, 1.82) is 0 Å². The van der Waals surface area contributed by atoms with Crippen molar-refractivity contribution in [1.82, 2.24) is 5.32 Å². The van der Waals surface area contributed by atoms with Gasteiger partial charge >= 0.3 is 7.12 Å². The minimum atomic E-state index is -1.53. The molecular weight excluding hydrogens is 276 g/mol. The zero-order valence-corrected chi connectivity index (χ0v) is 11.3. The maximum absolute atomic E-state index is 11.9. The third kappa shape index (κ3) is 3.84. The van der Waals surface area contributed by atoms with E-state index in [4.69, 9.17) is 21.6 Å². The predicted molar refractivity (Wildman–Crippen MR) is 78.9 cm³/mol. The normalized spacial score (nSPS) is 10.2. The second-order valence-electron chi connectivity index (χ2n) is 4.30. The Bertz CT molecular complexity index is 584. The first kappa shape index (κ1) is 14.6. The molecule has 3 N–H and O–H groups in total. The number of carbonyl (C=O) groups is 1. The molecule has 0 aliphatic rings. The van der Waals surface area contributed by atoms with Crippen molar-refractivity contribution in [3.8, 4) is 0 Å². The number of halogens is 1. The van der Waals surface area contributed by atoms with E-state index in [1.165, 1.54) is 12.1 Å². The van der Waals surface area contributed by atoms with Crippen molar-refractivity contribution in [2.45, 2.75) is 6.54 Å². The number of hydrogen-bond donors (Lipinski definition) is 3. The Balaban J connectivity index is 1.96. The van der Waals surface area contributed by atoms with Crippen molar-refractivity contribution < 1.29 is 14.8 Å². The molecule has 0 saturated heterocycles. The molecule has 6 heteroatoms. The highest BCUT2D eigenvalue weighted by atomic mass is 35.5. The maximum Gasteiger partial charge on any atom is 0.488 e. The zero-order chi connectivity index (χ0) is 14.5. The Morgan fingerprint density at radius 2 is 1.65 bits per heavy atom. The number of benzene rings is 2. The molecule has 4 nitrogen and oxygen atoms in total. The summed E-state index contributed by atoms with van der Waals surface area (Å²) in [5.74, 6) is -0.223. The second-order valence-corrected chi connectivity index (χ2v) is 4.74. The largest absolute Gasteiger partial charge is 0.488 e. The van der Waals surface area contributed by atoms with Gasteiger partial charge in [-0.3, -0.25) is 4.79 Å². The molecule has 0 aliphatic heterocycles. The van der Waals surface area contributed by atoms with Gasteiger partial charge in [0.1, 0.15) is 0 Å². The maximum atomic E-state index is 11.9. The highest BCUT2D eigenvalue weighted by Crippen LogP contribution is 2.09. The van der Waals surface area contributed by atoms with Crippen molar-refractivity contribution in [3.05, 3.63) is 64.7 Å². The number of nitrogens with one attached hydrogen (secondary N) is 1. The number of hydrogen-bond acceptors (Lipinski definition) is 3. The Hall–Kier alpha value is -1.82. The zero-order valence-electron chi connectivity index (χ0n) is 10.6. The molecular formula is C14H13BClNO3. The molecule has 0 fully saturated rings. The van der Waals surface area contributed by atoms with Crippen molar-refractivity contribution >= 4 is 30.1 Å². The highest BCUT2D eigenvalue weighted by molar-refractivity contribution is 6.58. The molecule has 0 atom stereocenters. The second kappa shape index (κ2) is 6.57. The number of rotatable bonds is 4. The van der Waals surface area contributed by atoms with Crippen molar-refractivity contribution in [3.63, 3.8) is 0 Å². The van der Waals surface area contributed by atoms with E-state index in [2.05, 4.69) is 5.32 Å². The standard InChI is InChI=1S/C14H13BClNO3/c16-13-7-1-10(2-8-13)9-17-14(18)11-3-5-12(6-4-11)15(19)20/h1-8,19-20H,9H2,(H,17,18). The molecule has 0 spiro atoms. The van der Waals surface area contributed by atoms with Crippen LogP contribution in [0, 0.1) is 0 Å². The molecule has 0 radical (unpaired) electrons. The van der Waals surface area contributed by atoms with E-state index in [0.29, 0.717) is 22.6 Å². The summed E-state index contributed by atoms with van der Waals surface area (Å²) in [6.45, 7) is 0.403. The molecule has 2 rings (SSSR count). The Morgan fingerprint density at radius 3 is 2.20 bits per heavy atom. The van der Waals surface area contributed by atoms with Gasteiger partial charge in [-0.25, -0.2) is 0 Å². The van der Waals surface area contributed by atoms with Gasteiger partial charge in [-0.1, -0.05) is 35.9 Å². The van der Waals surface area contributed by atoms with Gasteiger partial charge < -0.3 is 15.4 Å². The summed E-state index contributed by atoms with van der Waals surface area (Å²) in [4.78, 5) is 11.9. The summed E-state index contributed by atoms with van der Waals surface area (Å²) in [5, 5.41) is 21.4. The van der Waals surface area contributed by atoms with Gasteiger partial charge in [0.25, 0.3) is 5.91 Å². The fourth-order valence-corrected chi connectivity index (χ4v) is 1.82. The van der Waals surface area contributed by atoms with Gasteiger partial charge in [0.2, 0.25) is 0 Å². The Labute approximate surface area is 122 Å². The van der Waals surface area contributed by atoms with Gasteiger partial charge in [-0.2, -0.15) is 0 Å². The quantitative estimate of drug-likeness (QED) is 0.734. The van der Waals surface area contributed by atoms with Crippen LogP contribution < -0.4 is 10.8 Å². The highest BCUT2D eigenvalue weighted by Gasteiger charge is 2.11. The lowest BCUT2D eigenvalue weighted by molar-refractivity contribution is 0.0951. The van der Waals surface area contributed by atoms with E-state index >= 15 is 0 Å². The monoisotopic (exact) mass is 289 g/mol. The van der Waals surface area contributed by atoms with Crippen LogP contribution in [-0.2, 0) is 6.54 Å². The van der Waals surface area contributed by atoms with E-state index in [1.54, 1.807) is 24.3 Å². The van der Waals surface area contributed by atoms with Crippen molar-refractivity contribution in [2.24, 2.45) is 0 Å². The first-order chi connectivity index (χ1) is 9.56. The molecule has 0 unspecified atom stereocenters. The lowest BCUT2D eigenvalue weighted by Gasteiger charge is -2.06. The Kier molecular flexibility index (Phi) is 4.79. The van der Waals surface area contributed by atoms with Crippen LogP contribution in [0.3, 0.4) is 0 Å². The van der Waals surface area contributed by atoms with Gasteiger partial charge in [-0.05, 0) is 35.3 Å². The molecule has 102 valence electrons. The molecule has 0 saturated carbocycles. The van der Waals surface area contributed by atoms with Crippen LogP contribution in [0.4, 0.5) is 0 Å². The topological polar surface area (TPSA) is 69.6 Å². The fraction of sp³-hybridized carbons (Fsp3) is 0.0714. The first-order valence-electron chi connectivity index (χ1n) is 6.05. The average Bonchev–Trinajstić information content (AvgIpc) is 2.46. The van der Waals surface area contributed by atoms with E-state index in [9.17, 15) is 4.79 Å². The minimum Gasteiger partial charge on any atom is -0.423 e. The van der Waals surface area contributed by atoms with Crippen LogP contribution in [0.25, 0.3) is 0 Å². The lowest BCUT2D eigenvalue weighted by atomic mass is 9.80. The Morgan fingerprint density at radius 1 is 1.05 bits per heavy atom. The molecule has 0 aliphatic carbocycles. The van der Waals surface area contributed by atoms with Crippen molar-refractivity contribution in [2.75, 3.05) is 0 Å². The third-order valence-electron chi connectivity index (χ3n) is 2.84. The molecule has 2 aromatic rings. The lowest BCUT2D eigenvalue weighted by Crippen LogP contribution is -2.30. The summed E-state index contributed by atoms with van der Waals surface area (Å²) in [6.07, 6.45) is 0. The van der Waals surface area contributed by atoms with Crippen LogP contribution in [-0.4, -0.2) is 23.1 Å². The van der Waals surface area contributed by atoms with Crippen LogP contribution in [0.1, 0.15) is 15.9 Å². The van der Waals surface area contributed by atoms with Crippen LogP contribution >= 0.6 is 11.6 Å².